The highest BCUT2D eigenvalue weighted by molar-refractivity contribution is 7.89. The third-order valence-corrected chi connectivity index (χ3v) is 12.8. The molecule has 5 nitrogen and oxygen atoms in total. The van der Waals surface area contributed by atoms with Gasteiger partial charge in [0.15, 0.2) is 0 Å². The van der Waals surface area contributed by atoms with E-state index in [4.69, 9.17) is 5.10 Å². The molecule has 2 N–H and O–H groups in total. The molecule has 0 radical (unpaired) electrons. The molecule has 1 aromatic rings. The minimum atomic E-state index is -3.83. The van der Waals surface area contributed by atoms with Crippen molar-refractivity contribution in [2.24, 2.45) is 33.7 Å². The van der Waals surface area contributed by atoms with E-state index in [-0.39, 0.29) is 28.8 Å². The highest BCUT2D eigenvalue weighted by atomic mass is 32.2. The lowest BCUT2D eigenvalue weighted by molar-refractivity contribution is -0.0209. The summed E-state index contributed by atoms with van der Waals surface area (Å²) in [6.07, 6.45) is 10.3. The summed E-state index contributed by atoms with van der Waals surface area (Å²) in [5, 5.41) is 15.1. The molecule has 6 atom stereocenters. The quantitative estimate of drug-likeness (QED) is 0.269. The average molecular weight is 569 g/mol. The summed E-state index contributed by atoms with van der Waals surface area (Å²) in [4.78, 5) is 3.19. The van der Waals surface area contributed by atoms with Crippen LogP contribution in [0.4, 0.5) is 0 Å². The van der Waals surface area contributed by atoms with Crippen LogP contribution in [0.15, 0.2) is 33.8 Å². The maximum atomic E-state index is 14.0. The molecule has 0 bridgehead atoms. The first kappa shape index (κ1) is 29.8. The topological polar surface area (TPSA) is 78.8 Å². The smallest absolute Gasteiger partial charge is 0.277 e. The van der Waals surface area contributed by atoms with Crippen molar-refractivity contribution in [2.45, 2.75) is 136 Å². The Hall–Kier alpha value is -1.66. The van der Waals surface area contributed by atoms with Crippen LogP contribution in [0.25, 0.3) is 0 Å². The number of nitrogens with zero attached hydrogens (tertiary/aromatic N) is 1. The largest absolute Gasteiger partial charge is 0.393 e. The number of hydrogen-bond acceptors (Lipinski definition) is 4. The summed E-state index contributed by atoms with van der Waals surface area (Å²) in [6.45, 7) is 17.4. The third kappa shape index (κ3) is 4.89. The van der Waals surface area contributed by atoms with E-state index in [0.29, 0.717) is 28.6 Å². The van der Waals surface area contributed by atoms with Crippen LogP contribution in [0, 0.1) is 28.6 Å². The molecular formula is C34H52N2O3S. The van der Waals surface area contributed by atoms with Gasteiger partial charge in [0.1, 0.15) is 0 Å². The Morgan fingerprint density at radius 1 is 0.900 bits per heavy atom. The summed E-state index contributed by atoms with van der Waals surface area (Å²) in [6, 6.07) is 4.18. The first-order chi connectivity index (χ1) is 18.7. The molecule has 1 aromatic carbocycles. The zero-order valence-corrected chi connectivity index (χ0v) is 26.9. The lowest BCUT2D eigenvalue weighted by atomic mass is 9.48. The minimum Gasteiger partial charge on any atom is -0.393 e. The van der Waals surface area contributed by atoms with E-state index in [0.717, 1.165) is 68.2 Å². The molecular weight excluding hydrogens is 516 g/mol. The molecule has 3 saturated carbocycles. The lowest BCUT2D eigenvalue weighted by Gasteiger charge is -2.57. The summed E-state index contributed by atoms with van der Waals surface area (Å²) >= 11 is 0. The van der Waals surface area contributed by atoms with Crippen LogP contribution in [-0.4, -0.2) is 25.3 Å². The monoisotopic (exact) mass is 568 g/mol. The van der Waals surface area contributed by atoms with Crippen LogP contribution in [0.2, 0.25) is 0 Å². The molecule has 40 heavy (non-hydrogen) atoms. The van der Waals surface area contributed by atoms with Gasteiger partial charge in [-0.05, 0) is 109 Å². The van der Waals surface area contributed by atoms with E-state index in [2.05, 4.69) is 78.4 Å². The van der Waals surface area contributed by atoms with Gasteiger partial charge < -0.3 is 5.11 Å². The molecule has 0 saturated heterocycles. The standard InChI is InChI=1S/C34H52N2O3S/c1-20(2)23-17-27(21(3)4)32(28(18-23)22(5)6)40(38,39)36-35-31-12-11-29-26-10-9-24-19-25(37)13-15-33(24,7)30(26)14-16-34(29,31)8/h9,17-18,20-22,25-26,29-30,36-37H,10-16,19H2,1-8H3/b35-31+. The second-order valence-electron chi connectivity index (χ2n) is 14.8. The van der Waals surface area contributed by atoms with Gasteiger partial charge >= 0.3 is 0 Å². The zero-order valence-electron chi connectivity index (χ0n) is 26.0. The van der Waals surface area contributed by atoms with Gasteiger partial charge in [-0.1, -0.05) is 79.2 Å². The van der Waals surface area contributed by atoms with Crippen LogP contribution in [0.1, 0.15) is 141 Å². The second-order valence-corrected chi connectivity index (χ2v) is 16.4. The summed E-state index contributed by atoms with van der Waals surface area (Å²) in [5.41, 5.74) is 5.61. The van der Waals surface area contributed by atoms with Crippen molar-refractivity contribution in [3.63, 3.8) is 0 Å². The van der Waals surface area contributed by atoms with Crippen LogP contribution >= 0.6 is 0 Å². The van der Waals surface area contributed by atoms with Crippen molar-refractivity contribution in [1.82, 2.24) is 4.83 Å². The van der Waals surface area contributed by atoms with E-state index < -0.39 is 10.0 Å². The van der Waals surface area contributed by atoms with Crippen LogP contribution in [0.3, 0.4) is 0 Å². The first-order valence-electron chi connectivity index (χ1n) is 15.8. The number of sulfonamides is 1. The molecule has 0 aromatic heterocycles. The Morgan fingerprint density at radius 3 is 2.10 bits per heavy atom. The maximum absolute atomic E-state index is 14.0. The average Bonchev–Trinajstić information content (AvgIpc) is 3.23. The number of rotatable bonds is 6. The fourth-order valence-electron chi connectivity index (χ4n) is 8.97. The summed E-state index contributed by atoms with van der Waals surface area (Å²) in [5.74, 6) is 2.29. The van der Waals surface area contributed by atoms with E-state index in [1.165, 1.54) is 11.1 Å². The number of aliphatic hydroxyl groups is 1. The molecule has 3 fully saturated rings. The normalized spacial score (nSPS) is 35.1. The van der Waals surface area contributed by atoms with Crippen molar-refractivity contribution in [3.05, 3.63) is 40.5 Å². The maximum Gasteiger partial charge on any atom is 0.277 e. The molecule has 0 amide bonds. The Labute approximate surface area is 243 Å². The van der Waals surface area contributed by atoms with Gasteiger partial charge in [-0.15, -0.1) is 0 Å². The molecule has 4 aliphatic rings. The van der Waals surface area contributed by atoms with Gasteiger partial charge in [0, 0.05) is 11.1 Å². The van der Waals surface area contributed by atoms with Gasteiger partial charge in [-0.25, -0.2) is 4.83 Å². The van der Waals surface area contributed by atoms with Crippen molar-refractivity contribution in [3.8, 4) is 0 Å². The molecule has 4 aliphatic carbocycles. The van der Waals surface area contributed by atoms with E-state index in [9.17, 15) is 13.5 Å². The van der Waals surface area contributed by atoms with E-state index in [1.54, 1.807) is 0 Å². The van der Waals surface area contributed by atoms with Gasteiger partial charge in [-0.3, -0.25) is 0 Å². The molecule has 0 aliphatic heterocycles. The van der Waals surface area contributed by atoms with Gasteiger partial charge in [0.2, 0.25) is 0 Å². The minimum absolute atomic E-state index is 0.0666. The number of hydrazone groups is 1. The predicted molar refractivity (Wildman–Crippen MR) is 164 cm³/mol. The summed E-state index contributed by atoms with van der Waals surface area (Å²) < 4.78 is 28.0. The summed E-state index contributed by atoms with van der Waals surface area (Å²) in [7, 11) is -3.83. The SMILES string of the molecule is CC(C)c1cc(C(C)C)c(S(=O)(=O)N/N=C2\CCC3C4CC=C5CC(O)CCC5(C)C4CCC23C)c(C(C)C)c1. The Balaban J connectivity index is 1.44. The van der Waals surface area contributed by atoms with Crippen LogP contribution < -0.4 is 4.83 Å². The number of nitrogens with one attached hydrogen (secondary N) is 1. The Kier molecular flexibility index (Phi) is 7.87. The number of allylic oxidation sites excluding steroid dienone is 1. The van der Waals surface area contributed by atoms with Crippen molar-refractivity contribution in [2.75, 3.05) is 0 Å². The predicted octanol–water partition coefficient (Wildman–Crippen LogP) is 8.01. The van der Waals surface area contributed by atoms with E-state index >= 15 is 0 Å². The second kappa shape index (κ2) is 10.6. The number of benzene rings is 1. The molecule has 6 unspecified atom stereocenters. The third-order valence-electron chi connectivity index (χ3n) is 11.5. The van der Waals surface area contributed by atoms with Crippen molar-refractivity contribution >= 4 is 15.7 Å². The fourth-order valence-corrected chi connectivity index (χ4v) is 10.5. The molecule has 5 rings (SSSR count). The van der Waals surface area contributed by atoms with E-state index in [1.807, 2.05) is 0 Å². The highest BCUT2D eigenvalue weighted by Crippen LogP contribution is 2.64. The lowest BCUT2D eigenvalue weighted by Crippen LogP contribution is -2.50. The van der Waals surface area contributed by atoms with Crippen molar-refractivity contribution < 1.29 is 13.5 Å². The fraction of sp³-hybridized carbons (Fsp3) is 0.735. The van der Waals surface area contributed by atoms with Crippen LogP contribution in [0.5, 0.6) is 0 Å². The number of fused-ring (bicyclic) bond motifs is 5. The van der Waals surface area contributed by atoms with Gasteiger partial charge in [0.05, 0.1) is 11.0 Å². The van der Waals surface area contributed by atoms with Crippen LogP contribution in [-0.2, 0) is 10.0 Å². The Bertz CT molecular complexity index is 1280. The van der Waals surface area contributed by atoms with Crippen molar-refractivity contribution in [1.29, 1.82) is 0 Å². The molecule has 0 spiro atoms. The van der Waals surface area contributed by atoms with Gasteiger partial charge in [0.25, 0.3) is 10.0 Å². The molecule has 6 heteroatoms. The molecule has 0 heterocycles. The Morgan fingerprint density at radius 2 is 1.50 bits per heavy atom. The number of hydrogen-bond donors (Lipinski definition) is 2. The number of aliphatic hydroxyl groups excluding tert-OH is 1. The highest BCUT2D eigenvalue weighted by Gasteiger charge is 2.58. The zero-order chi connectivity index (χ0) is 29.2. The first-order valence-corrected chi connectivity index (χ1v) is 17.3. The molecule has 222 valence electrons. The van der Waals surface area contributed by atoms with Gasteiger partial charge in [-0.2, -0.15) is 13.5 Å².